The number of benzene rings is 1. The summed E-state index contributed by atoms with van der Waals surface area (Å²) in [6.45, 7) is 1.98. The van der Waals surface area contributed by atoms with Crippen LogP contribution in [-0.2, 0) is 4.79 Å². The lowest BCUT2D eigenvalue weighted by molar-refractivity contribution is -0.297. The summed E-state index contributed by atoms with van der Waals surface area (Å²) in [5.41, 5.74) is 3.00. The predicted molar refractivity (Wildman–Crippen MR) is 57.1 cm³/mol. The molecule has 0 spiro atoms. The molecule has 0 aliphatic carbocycles. The number of carboxylic acid groups (broad SMARTS) is 1. The van der Waals surface area contributed by atoms with Crippen molar-refractivity contribution in [1.82, 2.24) is 4.98 Å². The molecule has 0 atom stereocenters. The smallest absolute Gasteiger partial charge is 0.0643 e. The largest absolute Gasteiger partial charge is 0.545 e. The predicted octanol–water partition coefficient (Wildman–Crippen LogP) is 1.24. The minimum atomic E-state index is -1.18. The summed E-state index contributed by atoms with van der Waals surface area (Å²) in [5, 5.41) is 11.3. The van der Waals surface area contributed by atoms with Crippen LogP contribution in [0.25, 0.3) is 17.0 Å². The van der Waals surface area contributed by atoms with Gasteiger partial charge in [0.05, 0.1) is 5.97 Å². The molecule has 0 saturated heterocycles. The molecule has 0 fully saturated rings. The molecule has 1 heterocycles. The molecule has 1 aromatic carbocycles. The number of carbonyl (C=O) groups excluding carboxylic acids is 1. The molecule has 1 N–H and O–H groups in total. The Balaban J connectivity index is 2.42. The molecule has 0 saturated carbocycles. The number of fused-ring (bicyclic) bond motifs is 1. The quantitative estimate of drug-likeness (QED) is 0.741. The number of carboxylic acids is 1. The maximum atomic E-state index is 10.2. The number of carbonyl (C=O) groups is 1. The second-order valence-electron chi connectivity index (χ2n) is 3.45. The lowest BCUT2D eigenvalue weighted by Crippen LogP contribution is -2.18. The number of aryl methyl sites for hydroxylation is 1. The Bertz CT molecular complexity index is 538. The van der Waals surface area contributed by atoms with Crippen molar-refractivity contribution in [2.75, 3.05) is 0 Å². The van der Waals surface area contributed by atoms with Gasteiger partial charge in [-0.2, -0.15) is 0 Å². The minimum absolute atomic E-state index is 0.853. The number of hydrogen-bond donors (Lipinski definition) is 1. The van der Waals surface area contributed by atoms with E-state index in [0.29, 0.717) is 0 Å². The molecular weight excluding hydrogens is 190 g/mol. The number of hydrogen-bond acceptors (Lipinski definition) is 2. The van der Waals surface area contributed by atoms with E-state index in [2.05, 4.69) is 4.98 Å². The van der Waals surface area contributed by atoms with E-state index in [1.807, 2.05) is 31.2 Å². The van der Waals surface area contributed by atoms with Gasteiger partial charge in [0, 0.05) is 16.6 Å². The number of nitrogens with one attached hydrogen (secondary N) is 1. The summed E-state index contributed by atoms with van der Waals surface area (Å²) in [6, 6.07) is 7.74. The highest BCUT2D eigenvalue weighted by molar-refractivity contribution is 5.87. The number of aliphatic carboxylic acids is 1. The fourth-order valence-electron chi connectivity index (χ4n) is 1.56. The van der Waals surface area contributed by atoms with Crippen molar-refractivity contribution in [3.8, 4) is 0 Å². The van der Waals surface area contributed by atoms with Crippen molar-refractivity contribution < 1.29 is 9.90 Å². The molecule has 0 unspecified atom stereocenters. The van der Waals surface area contributed by atoms with Gasteiger partial charge in [-0.05, 0) is 36.8 Å². The highest BCUT2D eigenvalue weighted by atomic mass is 16.4. The van der Waals surface area contributed by atoms with Crippen LogP contribution in [0.2, 0.25) is 0 Å². The molecule has 3 nitrogen and oxygen atoms in total. The maximum absolute atomic E-state index is 10.2. The molecule has 15 heavy (non-hydrogen) atoms. The topological polar surface area (TPSA) is 55.9 Å². The summed E-state index contributed by atoms with van der Waals surface area (Å²) >= 11 is 0. The van der Waals surface area contributed by atoms with Gasteiger partial charge in [-0.25, -0.2) is 0 Å². The lowest BCUT2D eigenvalue weighted by Gasteiger charge is -1.95. The summed E-state index contributed by atoms with van der Waals surface area (Å²) < 4.78 is 0. The van der Waals surface area contributed by atoms with Crippen LogP contribution in [0.3, 0.4) is 0 Å². The molecule has 0 bridgehead atoms. The van der Waals surface area contributed by atoms with Gasteiger partial charge in [0.25, 0.3) is 0 Å². The Morgan fingerprint density at radius 1 is 1.40 bits per heavy atom. The van der Waals surface area contributed by atoms with Gasteiger partial charge in [0.15, 0.2) is 0 Å². The first-order chi connectivity index (χ1) is 7.15. The van der Waals surface area contributed by atoms with Crippen LogP contribution in [0.4, 0.5) is 0 Å². The van der Waals surface area contributed by atoms with Gasteiger partial charge < -0.3 is 14.9 Å². The van der Waals surface area contributed by atoms with Gasteiger partial charge in [-0.1, -0.05) is 12.1 Å². The zero-order valence-corrected chi connectivity index (χ0v) is 8.28. The van der Waals surface area contributed by atoms with Gasteiger partial charge in [-0.15, -0.1) is 0 Å². The zero-order valence-electron chi connectivity index (χ0n) is 8.28. The van der Waals surface area contributed by atoms with Crippen LogP contribution < -0.4 is 5.11 Å². The Labute approximate surface area is 87.0 Å². The van der Waals surface area contributed by atoms with Crippen LogP contribution in [-0.4, -0.2) is 11.0 Å². The monoisotopic (exact) mass is 200 g/mol. The average Bonchev–Trinajstić information content (AvgIpc) is 2.53. The Morgan fingerprint density at radius 3 is 2.93 bits per heavy atom. The van der Waals surface area contributed by atoms with E-state index in [4.69, 9.17) is 0 Å². The molecule has 1 aromatic heterocycles. The summed E-state index contributed by atoms with van der Waals surface area (Å²) in [6.07, 6.45) is 2.55. The van der Waals surface area contributed by atoms with Crippen LogP contribution in [0.1, 0.15) is 11.3 Å². The normalized spacial score (nSPS) is 11.3. The van der Waals surface area contributed by atoms with E-state index in [1.165, 1.54) is 6.08 Å². The second-order valence-corrected chi connectivity index (χ2v) is 3.45. The molecule has 3 heteroatoms. The molecule has 0 aliphatic heterocycles. The third kappa shape index (κ3) is 2.07. The first-order valence-corrected chi connectivity index (χ1v) is 4.63. The lowest BCUT2D eigenvalue weighted by atomic mass is 10.1. The summed E-state index contributed by atoms with van der Waals surface area (Å²) in [7, 11) is 0. The Hall–Kier alpha value is -2.03. The van der Waals surface area contributed by atoms with Crippen LogP contribution in [0.15, 0.2) is 30.3 Å². The van der Waals surface area contributed by atoms with E-state index in [0.717, 1.165) is 28.2 Å². The summed E-state index contributed by atoms with van der Waals surface area (Å²) in [4.78, 5) is 13.4. The van der Waals surface area contributed by atoms with E-state index >= 15 is 0 Å². The fourth-order valence-corrected chi connectivity index (χ4v) is 1.56. The van der Waals surface area contributed by atoms with Crippen LogP contribution in [0, 0.1) is 6.92 Å². The number of aromatic nitrogens is 1. The first kappa shape index (κ1) is 9.52. The van der Waals surface area contributed by atoms with Crippen molar-refractivity contribution in [1.29, 1.82) is 0 Å². The highest BCUT2D eigenvalue weighted by Crippen LogP contribution is 2.17. The molecule has 2 rings (SSSR count). The molecular formula is C12H10NO2-. The third-order valence-corrected chi connectivity index (χ3v) is 2.19. The fraction of sp³-hybridized carbons (Fsp3) is 0.0833. The Morgan fingerprint density at radius 2 is 2.20 bits per heavy atom. The molecule has 0 aliphatic rings. The third-order valence-electron chi connectivity index (χ3n) is 2.19. The standard InChI is InChI=1S/C12H11NO2/c1-8-6-10-7-9(3-5-12(14)15)2-4-11(10)13-8/h2-7,13H,1H3,(H,14,15)/p-1/b5-3+. The number of aromatic amines is 1. The van der Waals surface area contributed by atoms with Gasteiger partial charge in [0.2, 0.25) is 0 Å². The van der Waals surface area contributed by atoms with E-state index < -0.39 is 5.97 Å². The number of rotatable bonds is 2. The van der Waals surface area contributed by atoms with E-state index in [-0.39, 0.29) is 0 Å². The van der Waals surface area contributed by atoms with Crippen molar-refractivity contribution in [2.24, 2.45) is 0 Å². The zero-order chi connectivity index (χ0) is 10.8. The van der Waals surface area contributed by atoms with E-state index in [1.54, 1.807) is 0 Å². The first-order valence-electron chi connectivity index (χ1n) is 4.63. The van der Waals surface area contributed by atoms with Crippen LogP contribution in [0.5, 0.6) is 0 Å². The average molecular weight is 200 g/mol. The SMILES string of the molecule is Cc1cc2cc(/C=C/C(=O)[O-])ccc2[nH]1. The summed E-state index contributed by atoms with van der Waals surface area (Å²) in [5.74, 6) is -1.18. The maximum Gasteiger partial charge on any atom is 0.0643 e. The molecule has 76 valence electrons. The van der Waals surface area contributed by atoms with Crippen molar-refractivity contribution in [3.63, 3.8) is 0 Å². The molecule has 0 radical (unpaired) electrons. The Kier molecular flexibility index (Phi) is 2.29. The highest BCUT2D eigenvalue weighted by Gasteiger charge is 1.96. The van der Waals surface area contributed by atoms with Crippen molar-refractivity contribution in [2.45, 2.75) is 6.92 Å². The minimum Gasteiger partial charge on any atom is -0.545 e. The van der Waals surface area contributed by atoms with Crippen molar-refractivity contribution >= 4 is 22.9 Å². The number of H-pyrrole nitrogens is 1. The van der Waals surface area contributed by atoms with Crippen LogP contribution >= 0.6 is 0 Å². The molecule has 0 amide bonds. The van der Waals surface area contributed by atoms with Crippen molar-refractivity contribution in [3.05, 3.63) is 41.6 Å². The second kappa shape index (κ2) is 3.61. The van der Waals surface area contributed by atoms with Gasteiger partial charge in [-0.3, -0.25) is 0 Å². The van der Waals surface area contributed by atoms with Gasteiger partial charge in [0.1, 0.15) is 0 Å². The van der Waals surface area contributed by atoms with Gasteiger partial charge >= 0.3 is 0 Å². The molecule has 2 aromatic rings. The van der Waals surface area contributed by atoms with E-state index in [9.17, 15) is 9.90 Å².